The number of oxime groups is 2. The molecule has 132 valence electrons. The largest absolute Gasteiger partial charge is 0.446 e. The number of hydrogen-bond donors (Lipinski definition) is 0. The number of carbonyl (C=O) groups is 2. The fraction of sp³-hybridized carbons (Fsp3) is 0.692. The zero-order valence-corrected chi connectivity index (χ0v) is 16.4. The van der Waals surface area contributed by atoms with E-state index in [2.05, 4.69) is 15.1 Å². The van der Waals surface area contributed by atoms with Gasteiger partial charge in [0.1, 0.15) is 12.8 Å². The van der Waals surface area contributed by atoms with Gasteiger partial charge in [-0.25, -0.2) is 9.10 Å². The minimum atomic E-state index is -0.693. The van der Waals surface area contributed by atoms with E-state index in [0.29, 0.717) is 0 Å². The summed E-state index contributed by atoms with van der Waals surface area (Å²) in [4.78, 5) is 34.7. The van der Waals surface area contributed by atoms with Crippen molar-refractivity contribution in [3.05, 3.63) is 0 Å². The Hall–Kier alpha value is -1.42. The zero-order chi connectivity index (χ0) is 18.2. The quantitative estimate of drug-likeness (QED) is 0.237. The van der Waals surface area contributed by atoms with Crippen LogP contribution in [0.2, 0.25) is 0 Å². The lowest BCUT2D eigenvalue weighted by molar-refractivity contribution is -0.121. The Morgan fingerprint density at radius 2 is 1.65 bits per heavy atom. The summed E-state index contributed by atoms with van der Waals surface area (Å²) in [5.41, 5.74) is 0.102. The molecular weight excluding hydrogens is 340 g/mol. The molecule has 0 aromatic carbocycles. The average Bonchev–Trinajstić information content (AvgIpc) is 2.43. The molecule has 0 aliphatic carbocycles. The number of amides is 2. The number of carbonyl (C=O) groups excluding carboxylic acids is 2. The summed E-state index contributed by atoms with van der Waals surface area (Å²) in [6, 6.07) is 0. The van der Waals surface area contributed by atoms with Crippen LogP contribution >= 0.6 is 21.8 Å². The van der Waals surface area contributed by atoms with Crippen molar-refractivity contribution in [3.8, 4) is 0 Å². The zero-order valence-electron chi connectivity index (χ0n) is 14.7. The lowest BCUT2D eigenvalue weighted by Gasteiger charge is -2.20. The molecule has 0 atom stereocenters. The number of hydrogen-bond acceptors (Lipinski definition) is 8. The third-order valence-electron chi connectivity index (χ3n) is 2.05. The van der Waals surface area contributed by atoms with Gasteiger partial charge in [-0.05, 0) is 6.92 Å². The predicted molar refractivity (Wildman–Crippen MR) is 95.4 cm³/mol. The minimum absolute atomic E-state index is 0.0176. The van der Waals surface area contributed by atoms with Gasteiger partial charge in [-0.15, -0.1) is 0 Å². The highest BCUT2D eigenvalue weighted by Crippen LogP contribution is 2.36. The Balaban J connectivity index is 4.98. The maximum absolute atomic E-state index is 12.0. The second-order valence-electron chi connectivity index (χ2n) is 5.62. The fourth-order valence-electron chi connectivity index (χ4n) is 0.992. The summed E-state index contributed by atoms with van der Waals surface area (Å²) in [5.74, 6) is -0.449. The average molecular weight is 364 g/mol. The molecule has 0 fully saturated rings. The number of rotatable bonds is 6. The van der Waals surface area contributed by atoms with E-state index in [9.17, 15) is 9.59 Å². The molecule has 2 amide bonds. The van der Waals surface area contributed by atoms with Crippen molar-refractivity contribution in [1.82, 2.24) is 9.21 Å². The molecule has 0 radical (unpaired) electrons. The van der Waals surface area contributed by atoms with E-state index < -0.39 is 12.0 Å². The van der Waals surface area contributed by atoms with Crippen molar-refractivity contribution in [1.29, 1.82) is 0 Å². The van der Waals surface area contributed by atoms with E-state index >= 15 is 0 Å². The Kier molecular flexibility index (Phi) is 9.06. The maximum Gasteiger partial charge on any atom is 0.446 e. The van der Waals surface area contributed by atoms with Gasteiger partial charge in [-0.3, -0.25) is 9.63 Å². The highest BCUT2D eigenvalue weighted by molar-refractivity contribution is 8.76. The van der Waals surface area contributed by atoms with Crippen LogP contribution in [-0.4, -0.2) is 65.6 Å². The van der Waals surface area contributed by atoms with E-state index in [0.717, 1.165) is 0 Å². The first-order valence-electron chi connectivity index (χ1n) is 6.68. The highest BCUT2D eigenvalue weighted by atomic mass is 33.1. The molecule has 0 aliphatic heterocycles. The fourth-order valence-corrected chi connectivity index (χ4v) is 2.61. The third-order valence-corrected chi connectivity index (χ3v) is 5.39. The van der Waals surface area contributed by atoms with Crippen LogP contribution < -0.4 is 0 Å². The van der Waals surface area contributed by atoms with Crippen LogP contribution in [0, 0.1) is 0 Å². The maximum atomic E-state index is 12.0. The normalized spacial score (nSPS) is 12.7. The summed E-state index contributed by atoms with van der Waals surface area (Å²) in [6.07, 6.45) is -0.693. The van der Waals surface area contributed by atoms with Crippen LogP contribution in [0.1, 0.15) is 27.7 Å². The van der Waals surface area contributed by atoms with Crippen LogP contribution in [0.3, 0.4) is 0 Å². The lowest BCUT2D eigenvalue weighted by atomic mass is 10.2. The smallest absolute Gasteiger partial charge is 0.399 e. The Morgan fingerprint density at radius 3 is 2.09 bits per heavy atom. The topological polar surface area (TPSA) is 83.8 Å². The number of nitrogens with zero attached hydrogens (tertiary/aromatic N) is 4. The molecule has 8 nitrogen and oxygen atoms in total. The molecule has 0 spiro atoms. The van der Waals surface area contributed by atoms with Crippen molar-refractivity contribution >= 4 is 45.2 Å². The van der Waals surface area contributed by atoms with Crippen LogP contribution in [0.5, 0.6) is 0 Å². The summed E-state index contributed by atoms with van der Waals surface area (Å²) in [5, 5.41) is 7.27. The SMILES string of the molecule is CO/N=C(C)\C(=N\OC(=O)N(C)SSC(C)(C)C)C(=O)N(C)C. The Morgan fingerprint density at radius 1 is 1.09 bits per heavy atom. The van der Waals surface area contributed by atoms with Crippen LogP contribution in [0.25, 0.3) is 0 Å². The first kappa shape index (κ1) is 21.6. The highest BCUT2D eigenvalue weighted by Gasteiger charge is 2.22. The van der Waals surface area contributed by atoms with Crippen molar-refractivity contribution in [2.75, 3.05) is 28.3 Å². The van der Waals surface area contributed by atoms with Crippen LogP contribution in [0.4, 0.5) is 4.79 Å². The standard InChI is InChI=1S/C13H24N4O4S2/c1-9(14-20-8)10(11(18)16(5)6)15-21-12(19)17(7)23-22-13(2,3)4/h1-8H3/b14-9-,15-10-. The van der Waals surface area contributed by atoms with Crippen LogP contribution in [0.15, 0.2) is 10.3 Å². The van der Waals surface area contributed by atoms with Gasteiger partial charge in [0.05, 0.1) is 0 Å². The van der Waals surface area contributed by atoms with Gasteiger partial charge < -0.3 is 9.74 Å². The van der Waals surface area contributed by atoms with Crippen molar-refractivity contribution in [2.24, 2.45) is 10.3 Å². The molecule has 0 rings (SSSR count). The Labute approximate surface area is 145 Å². The molecule has 0 unspecified atom stereocenters. The van der Waals surface area contributed by atoms with Gasteiger partial charge in [0.2, 0.25) is 0 Å². The molecular formula is C13H24N4O4S2. The van der Waals surface area contributed by atoms with Crippen molar-refractivity contribution in [3.63, 3.8) is 0 Å². The molecule has 0 N–H and O–H groups in total. The summed E-state index contributed by atoms with van der Waals surface area (Å²) in [7, 11) is 8.76. The van der Waals surface area contributed by atoms with E-state index in [1.807, 2.05) is 20.8 Å². The first-order valence-corrected chi connectivity index (χ1v) is 8.78. The van der Waals surface area contributed by atoms with Crippen molar-refractivity contribution in [2.45, 2.75) is 32.4 Å². The molecule has 10 heteroatoms. The van der Waals surface area contributed by atoms with Gasteiger partial charge in [0.25, 0.3) is 5.91 Å². The molecule has 23 heavy (non-hydrogen) atoms. The first-order chi connectivity index (χ1) is 10.5. The molecule has 0 heterocycles. The molecule has 0 aromatic rings. The van der Waals surface area contributed by atoms with Gasteiger partial charge in [-0.1, -0.05) is 41.9 Å². The lowest BCUT2D eigenvalue weighted by Crippen LogP contribution is -2.35. The second-order valence-corrected chi connectivity index (χ2v) is 8.66. The van der Waals surface area contributed by atoms with E-state index in [4.69, 9.17) is 4.84 Å². The summed E-state index contributed by atoms with van der Waals surface area (Å²) < 4.78 is 1.27. The van der Waals surface area contributed by atoms with Gasteiger partial charge >= 0.3 is 6.09 Å². The van der Waals surface area contributed by atoms with Crippen molar-refractivity contribution < 1.29 is 19.3 Å². The Bertz CT molecular complexity index is 487. The third kappa shape index (κ3) is 8.70. The summed E-state index contributed by atoms with van der Waals surface area (Å²) >= 11 is 0. The molecule has 0 saturated carbocycles. The van der Waals surface area contributed by atoms with E-state index in [-0.39, 0.29) is 16.2 Å². The van der Waals surface area contributed by atoms with Crippen LogP contribution in [-0.2, 0) is 14.5 Å². The molecule has 0 saturated heterocycles. The van der Waals surface area contributed by atoms with E-state index in [1.165, 1.54) is 45.0 Å². The molecule has 0 aliphatic rings. The minimum Gasteiger partial charge on any atom is -0.399 e. The molecule has 0 bridgehead atoms. The predicted octanol–water partition coefficient (Wildman–Crippen LogP) is 2.62. The van der Waals surface area contributed by atoms with Gasteiger partial charge in [0, 0.05) is 36.9 Å². The molecule has 0 aromatic heterocycles. The summed E-state index contributed by atoms with van der Waals surface area (Å²) in [6.45, 7) is 7.62. The van der Waals surface area contributed by atoms with Gasteiger partial charge in [-0.2, -0.15) is 0 Å². The van der Waals surface area contributed by atoms with E-state index in [1.54, 1.807) is 21.1 Å². The monoisotopic (exact) mass is 364 g/mol. The van der Waals surface area contributed by atoms with Gasteiger partial charge in [0.15, 0.2) is 5.71 Å². The second kappa shape index (κ2) is 9.66.